The van der Waals surface area contributed by atoms with Gasteiger partial charge in [0.25, 0.3) is 0 Å². The fraction of sp³-hybridized carbons (Fsp3) is 0.409. The van der Waals surface area contributed by atoms with Crippen molar-refractivity contribution >= 4 is 28.6 Å². The molecule has 3 heterocycles. The Bertz CT molecular complexity index is 994. The molecule has 2 aromatic heterocycles. The van der Waals surface area contributed by atoms with Crippen LogP contribution in [0, 0.1) is 5.92 Å². The van der Waals surface area contributed by atoms with Gasteiger partial charge in [0.05, 0.1) is 18.1 Å². The van der Waals surface area contributed by atoms with E-state index in [1.807, 2.05) is 18.2 Å². The lowest BCUT2D eigenvalue weighted by molar-refractivity contribution is 0.0599. The summed E-state index contributed by atoms with van der Waals surface area (Å²) in [7, 11) is 1.35. The highest BCUT2D eigenvalue weighted by atomic mass is 16.5. The molecule has 0 bridgehead atoms. The van der Waals surface area contributed by atoms with Crippen LogP contribution in [0.2, 0.25) is 0 Å². The molecular weight excluding hydrogens is 384 g/mol. The Morgan fingerprint density at radius 1 is 1.30 bits per heavy atom. The smallest absolute Gasteiger partial charge is 0.341 e. The molecule has 1 fully saturated rings. The molecule has 1 aliphatic rings. The Labute approximate surface area is 174 Å². The molecule has 2 N–H and O–H groups in total. The zero-order chi connectivity index (χ0) is 20.9. The van der Waals surface area contributed by atoms with Crippen LogP contribution in [0.3, 0.4) is 0 Å². The molecule has 30 heavy (non-hydrogen) atoms. The van der Waals surface area contributed by atoms with Crippen molar-refractivity contribution in [3.8, 4) is 5.75 Å². The van der Waals surface area contributed by atoms with Crippen molar-refractivity contribution in [3.63, 3.8) is 0 Å². The number of benzene rings is 1. The van der Waals surface area contributed by atoms with E-state index in [1.54, 1.807) is 0 Å². The van der Waals surface area contributed by atoms with E-state index in [-0.39, 0.29) is 5.75 Å². The average molecular weight is 410 g/mol. The molecule has 1 aliphatic heterocycles. The summed E-state index contributed by atoms with van der Waals surface area (Å²) >= 11 is 0. The lowest BCUT2D eigenvalue weighted by Crippen LogP contribution is -2.35. The van der Waals surface area contributed by atoms with Crippen LogP contribution in [0.15, 0.2) is 41.3 Å². The molecule has 4 rings (SSSR count). The van der Waals surface area contributed by atoms with E-state index in [0.29, 0.717) is 23.0 Å². The van der Waals surface area contributed by atoms with Gasteiger partial charge in [-0.2, -0.15) is 0 Å². The summed E-state index contributed by atoms with van der Waals surface area (Å²) in [5, 5.41) is 13.8. The van der Waals surface area contributed by atoms with Crippen molar-refractivity contribution in [3.05, 3.63) is 42.4 Å². The number of carbonyl (C=O) groups excluding carboxylic acids is 1. The van der Waals surface area contributed by atoms with E-state index in [4.69, 9.17) is 4.42 Å². The number of nitrogens with zero attached hydrogens (tertiary/aromatic N) is 3. The number of aromatic hydroxyl groups is 1. The Hall–Kier alpha value is -3.29. The second kappa shape index (κ2) is 9.02. The minimum absolute atomic E-state index is 0.174. The first kappa shape index (κ1) is 20.0. The monoisotopic (exact) mass is 410 g/mol. The summed E-state index contributed by atoms with van der Waals surface area (Å²) in [6, 6.07) is 5.74. The SMILES string of the molecule is COC(=O)c1cnc(N2CCC(CCCNc3ccc4c(O)coc4c3)CC2)nc1. The van der Waals surface area contributed by atoms with Crippen LogP contribution in [0.1, 0.15) is 36.0 Å². The fourth-order valence-electron chi connectivity index (χ4n) is 3.88. The third-order valence-corrected chi connectivity index (χ3v) is 5.63. The number of methoxy groups -OCH3 is 1. The molecule has 1 aromatic carbocycles. The fourth-order valence-corrected chi connectivity index (χ4v) is 3.88. The second-order valence-electron chi connectivity index (χ2n) is 7.59. The van der Waals surface area contributed by atoms with E-state index < -0.39 is 5.97 Å². The van der Waals surface area contributed by atoms with E-state index in [2.05, 4.69) is 24.9 Å². The maximum atomic E-state index is 11.5. The van der Waals surface area contributed by atoms with Crippen LogP contribution >= 0.6 is 0 Å². The van der Waals surface area contributed by atoms with Gasteiger partial charge in [-0.05, 0) is 43.7 Å². The van der Waals surface area contributed by atoms with Gasteiger partial charge >= 0.3 is 5.97 Å². The summed E-state index contributed by atoms with van der Waals surface area (Å²) < 4.78 is 10.0. The van der Waals surface area contributed by atoms with E-state index in [1.165, 1.54) is 32.2 Å². The summed E-state index contributed by atoms with van der Waals surface area (Å²) in [4.78, 5) is 22.3. The van der Waals surface area contributed by atoms with Crippen LogP contribution < -0.4 is 10.2 Å². The van der Waals surface area contributed by atoms with Gasteiger partial charge in [0.15, 0.2) is 5.75 Å². The van der Waals surface area contributed by atoms with Crippen LogP contribution in [0.25, 0.3) is 11.0 Å². The van der Waals surface area contributed by atoms with Crippen LogP contribution in [0.5, 0.6) is 5.75 Å². The number of hydrogen-bond donors (Lipinski definition) is 2. The summed E-state index contributed by atoms with van der Waals surface area (Å²) in [5.41, 5.74) is 2.05. The molecule has 0 aliphatic carbocycles. The summed E-state index contributed by atoms with van der Waals surface area (Å²) in [6.07, 6.45) is 8.89. The summed E-state index contributed by atoms with van der Waals surface area (Å²) in [5.74, 6) is 1.12. The highest BCUT2D eigenvalue weighted by molar-refractivity contribution is 5.88. The second-order valence-corrected chi connectivity index (χ2v) is 7.59. The number of rotatable bonds is 7. The van der Waals surface area contributed by atoms with Gasteiger partial charge in [-0.25, -0.2) is 14.8 Å². The first-order valence-corrected chi connectivity index (χ1v) is 10.2. The van der Waals surface area contributed by atoms with Gasteiger partial charge in [0.2, 0.25) is 5.95 Å². The third-order valence-electron chi connectivity index (χ3n) is 5.63. The molecule has 0 saturated carbocycles. The number of aromatic nitrogens is 2. The first-order chi connectivity index (χ1) is 14.6. The van der Waals surface area contributed by atoms with Crippen molar-refractivity contribution in [2.24, 2.45) is 5.92 Å². The van der Waals surface area contributed by atoms with Gasteiger partial charge < -0.3 is 24.5 Å². The van der Waals surface area contributed by atoms with Crippen LogP contribution in [-0.2, 0) is 4.74 Å². The molecule has 0 spiro atoms. The van der Waals surface area contributed by atoms with Gasteiger partial charge in [0, 0.05) is 43.8 Å². The molecule has 3 aromatic rings. The number of ether oxygens (including phenoxy) is 1. The van der Waals surface area contributed by atoms with E-state index in [9.17, 15) is 9.90 Å². The minimum atomic E-state index is -0.420. The van der Waals surface area contributed by atoms with Gasteiger partial charge in [-0.3, -0.25) is 0 Å². The number of hydrogen-bond acceptors (Lipinski definition) is 8. The van der Waals surface area contributed by atoms with E-state index >= 15 is 0 Å². The number of carbonyl (C=O) groups is 1. The van der Waals surface area contributed by atoms with Gasteiger partial charge in [-0.15, -0.1) is 0 Å². The van der Waals surface area contributed by atoms with Gasteiger partial charge in [-0.1, -0.05) is 0 Å². The minimum Gasteiger partial charge on any atom is -0.504 e. The Morgan fingerprint density at radius 2 is 2.07 bits per heavy atom. The van der Waals surface area contributed by atoms with Crippen molar-refractivity contribution in [2.45, 2.75) is 25.7 Å². The maximum Gasteiger partial charge on any atom is 0.341 e. The lowest BCUT2D eigenvalue weighted by atomic mass is 9.92. The Kier molecular flexibility index (Phi) is 6.02. The molecule has 8 nitrogen and oxygen atoms in total. The average Bonchev–Trinajstić information content (AvgIpc) is 3.17. The number of esters is 1. The number of piperidine rings is 1. The van der Waals surface area contributed by atoms with E-state index in [0.717, 1.165) is 50.0 Å². The number of fused-ring (bicyclic) bond motifs is 1. The molecule has 0 radical (unpaired) electrons. The Morgan fingerprint density at radius 3 is 2.80 bits per heavy atom. The Balaban J connectivity index is 1.19. The van der Waals surface area contributed by atoms with Crippen molar-refractivity contribution in [1.29, 1.82) is 0 Å². The zero-order valence-corrected chi connectivity index (χ0v) is 17.0. The van der Waals surface area contributed by atoms with Crippen LogP contribution in [-0.4, -0.2) is 47.8 Å². The normalized spacial score (nSPS) is 14.8. The largest absolute Gasteiger partial charge is 0.504 e. The zero-order valence-electron chi connectivity index (χ0n) is 17.0. The topological polar surface area (TPSA) is 101 Å². The summed E-state index contributed by atoms with van der Waals surface area (Å²) in [6.45, 7) is 2.75. The molecule has 0 unspecified atom stereocenters. The molecule has 158 valence electrons. The third kappa shape index (κ3) is 4.48. The molecule has 1 saturated heterocycles. The molecule has 0 atom stereocenters. The molecule has 8 heteroatoms. The molecular formula is C22H26N4O4. The number of furan rings is 1. The highest BCUT2D eigenvalue weighted by Crippen LogP contribution is 2.29. The first-order valence-electron chi connectivity index (χ1n) is 10.2. The molecule has 0 amide bonds. The van der Waals surface area contributed by atoms with Crippen molar-refractivity contribution < 1.29 is 19.1 Å². The predicted molar refractivity (Wildman–Crippen MR) is 114 cm³/mol. The van der Waals surface area contributed by atoms with Gasteiger partial charge in [0.1, 0.15) is 11.8 Å². The maximum absolute atomic E-state index is 11.5. The van der Waals surface area contributed by atoms with Crippen molar-refractivity contribution in [2.75, 3.05) is 37.0 Å². The highest BCUT2D eigenvalue weighted by Gasteiger charge is 2.21. The number of anilines is 2. The lowest BCUT2D eigenvalue weighted by Gasteiger charge is -2.32. The standard InChI is InChI=1S/C22H26N4O4/c1-29-21(28)16-12-24-22(25-13-16)26-9-6-15(7-10-26)3-2-8-23-17-4-5-18-19(27)14-30-20(18)11-17/h4-5,11-15,23,27H,2-3,6-10H2,1H3. The number of nitrogens with one attached hydrogen (secondary N) is 1. The van der Waals surface area contributed by atoms with Crippen LogP contribution in [0.4, 0.5) is 11.6 Å². The predicted octanol–water partition coefficient (Wildman–Crippen LogP) is 3.82. The van der Waals surface area contributed by atoms with Crippen molar-refractivity contribution in [1.82, 2.24) is 9.97 Å². The quantitative estimate of drug-likeness (QED) is 0.448.